The van der Waals surface area contributed by atoms with Crippen LogP contribution in [0.2, 0.25) is 0 Å². The highest BCUT2D eigenvalue weighted by atomic mass is 16.6. The zero-order valence-electron chi connectivity index (χ0n) is 6.15. The molecule has 1 rings (SSSR count). The minimum absolute atomic E-state index is 0.113. The number of carbonyl (C=O) groups excluding carboxylic acids is 2. The van der Waals surface area contributed by atoms with Crippen LogP contribution in [0.3, 0.4) is 0 Å². The molecule has 4 nitrogen and oxygen atoms in total. The summed E-state index contributed by atoms with van der Waals surface area (Å²) >= 11 is 0. The van der Waals surface area contributed by atoms with Crippen LogP contribution in [0, 0.1) is 0 Å². The first-order chi connectivity index (χ1) is 5.74. The molecule has 0 amide bonds. The molecule has 1 aliphatic heterocycles. The Labute approximate surface area is 68.8 Å². The molecule has 1 heterocycles. The quantitative estimate of drug-likeness (QED) is 0.267. The molecule has 0 fully saturated rings. The van der Waals surface area contributed by atoms with Gasteiger partial charge >= 0.3 is 11.9 Å². The van der Waals surface area contributed by atoms with E-state index in [2.05, 4.69) is 11.3 Å². The van der Waals surface area contributed by atoms with Gasteiger partial charge in [-0.1, -0.05) is 12.7 Å². The van der Waals surface area contributed by atoms with Gasteiger partial charge in [0.25, 0.3) is 0 Å². The molecule has 0 saturated carbocycles. The maximum atomic E-state index is 10.7. The number of allylic oxidation sites excluding steroid dienone is 2. The summed E-state index contributed by atoms with van der Waals surface area (Å²) in [6.45, 7) is 3.39. The fourth-order valence-electron chi connectivity index (χ4n) is 0.587. The monoisotopic (exact) mass is 166 g/mol. The lowest BCUT2D eigenvalue weighted by atomic mass is 10.5. The van der Waals surface area contributed by atoms with Crippen molar-refractivity contribution in [1.82, 2.24) is 0 Å². The van der Waals surface area contributed by atoms with E-state index in [0.717, 1.165) is 6.08 Å². The molecule has 62 valence electrons. The second-order valence-electron chi connectivity index (χ2n) is 1.90. The second-order valence-corrected chi connectivity index (χ2v) is 1.90. The normalized spacial score (nSPS) is 16.2. The van der Waals surface area contributed by atoms with Crippen molar-refractivity contribution in [2.24, 2.45) is 0 Å². The summed E-state index contributed by atoms with van der Waals surface area (Å²) in [6, 6.07) is 0. The number of cyclic esters (lactones) is 2. The topological polar surface area (TPSA) is 52.6 Å². The molecule has 0 aromatic heterocycles. The number of hydrogen-bond acceptors (Lipinski definition) is 4. The summed E-state index contributed by atoms with van der Waals surface area (Å²) in [5.41, 5.74) is 0. The van der Waals surface area contributed by atoms with Crippen LogP contribution in [-0.4, -0.2) is 11.9 Å². The summed E-state index contributed by atoms with van der Waals surface area (Å²) in [5.74, 6) is -1.59. The van der Waals surface area contributed by atoms with Gasteiger partial charge in [-0.15, -0.1) is 0 Å². The zero-order chi connectivity index (χ0) is 8.97. The van der Waals surface area contributed by atoms with Crippen LogP contribution in [0.15, 0.2) is 36.8 Å². The molecular formula is C8H6O4. The Balaban J connectivity index is 2.58. The Bertz CT molecular complexity index is 285. The molecule has 0 saturated heterocycles. The van der Waals surface area contributed by atoms with Crippen molar-refractivity contribution in [2.75, 3.05) is 0 Å². The average Bonchev–Trinajstić information content (AvgIpc) is 2.31. The second kappa shape index (κ2) is 3.52. The molecule has 0 N–H and O–H groups in total. The van der Waals surface area contributed by atoms with Crippen molar-refractivity contribution in [2.45, 2.75) is 0 Å². The minimum atomic E-state index is -0.770. The first-order valence-corrected chi connectivity index (χ1v) is 3.16. The molecule has 0 unspecified atom stereocenters. The number of esters is 2. The SMILES string of the molecule is C=CC=COC1=CC(=O)OC1=O. The van der Waals surface area contributed by atoms with Gasteiger partial charge in [-0.05, 0) is 6.08 Å². The molecule has 12 heavy (non-hydrogen) atoms. The van der Waals surface area contributed by atoms with Gasteiger partial charge in [-0.2, -0.15) is 0 Å². The van der Waals surface area contributed by atoms with Gasteiger partial charge in [0.15, 0.2) is 0 Å². The molecule has 0 atom stereocenters. The van der Waals surface area contributed by atoms with Crippen molar-refractivity contribution >= 4 is 11.9 Å². The molecular weight excluding hydrogens is 160 g/mol. The molecule has 0 aromatic rings. The predicted octanol–water partition coefficient (Wildman–Crippen LogP) is 0.670. The highest BCUT2D eigenvalue weighted by molar-refractivity contribution is 6.07. The van der Waals surface area contributed by atoms with E-state index in [9.17, 15) is 9.59 Å². The van der Waals surface area contributed by atoms with E-state index < -0.39 is 11.9 Å². The van der Waals surface area contributed by atoms with E-state index >= 15 is 0 Å². The lowest BCUT2D eigenvalue weighted by Gasteiger charge is -1.93. The van der Waals surface area contributed by atoms with Gasteiger partial charge in [0.2, 0.25) is 5.76 Å². The summed E-state index contributed by atoms with van der Waals surface area (Å²) in [7, 11) is 0. The summed E-state index contributed by atoms with van der Waals surface area (Å²) < 4.78 is 8.89. The fraction of sp³-hybridized carbons (Fsp3) is 0. The molecule has 1 aliphatic rings. The molecule has 0 radical (unpaired) electrons. The van der Waals surface area contributed by atoms with E-state index in [-0.39, 0.29) is 5.76 Å². The highest BCUT2D eigenvalue weighted by Crippen LogP contribution is 2.09. The summed E-state index contributed by atoms with van der Waals surface area (Å²) in [4.78, 5) is 21.1. The third kappa shape index (κ3) is 1.82. The average molecular weight is 166 g/mol. The summed E-state index contributed by atoms with van der Waals surface area (Å²) in [5, 5.41) is 0. The molecule has 0 spiro atoms. The van der Waals surface area contributed by atoms with Crippen molar-refractivity contribution in [3.63, 3.8) is 0 Å². The van der Waals surface area contributed by atoms with Crippen molar-refractivity contribution in [3.8, 4) is 0 Å². The Morgan fingerprint density at radius 3 is 2.75 bits per heavy atom. The van der Waals surface area contributed by atoms with Crippen molar-refractivity contribution < 1.29 is 19.1 Å². The van der Waals surface area contributed by atoms with Crippen LogP contribution in [0.1, 0.15) is 0 Å². The first-order valence-electron chi connectivity index (χ1n) is 3.16. The fourth-order valence-corrected chi connectivity index (χ4v) is 0.587. The standard InChI is InChI=1S/C8H6O4/c1-2-3-4-11-6-5-7(9)12-8(6)10/h2-5H,1H2. The van der Waals surface area contributed by atoms with Crippen molar-refractivity contribution in [3.05, 3.63) is 36.8 Å². The van der Waals surface area contributed by atoms with E-state index in [1.807, 2.05) is 0 Å². The maximum absolute atomic E-state index is 10.7. The summed E-state index contributed by atoms with van der Waals surface area (Å²) in [6.07, 6.45) is 5.17. The first kappa shape index (κ1) is 8.26. The zero-order valence-corrected chi connectivity index (χ0v) is 6.15. The molecule has 0 aromatic carbocycles. The van der Waals surface area contributed by atoms with Gasteiger partial charge in [0.05, 0.1) is 12.3 Å². The molecule has 4 heteroatoms. The Kier molecular flexibility index (Phi) is 2.42. The van der Waals surface area contributed by atoms with Crippen LogP contribution in [0.4, 0.5) is 0 Å². The Hall–Kier alpha value is -1.84. The number of hydrogen-bond donors (Lipinski definition) is 0. The third-order valence-electron chi connectivity index (χ3n) is 1.05. The van der Waals surface area contributed by atoms with Gasteiger partial charge in [0.1, 0.15) is 0 Å². The predicted molar refractivity (Wildman–Crippen MR) is 39.6 cm³/mol. The Morgan fingerprint density at radius 2 is 2.25 bits per heavy atom. The molecule has 0 bridgehead atoms. The van der Waals surface area contributed by atoms with E-state index in [1.54, 1.807) is 0 Å². The number of rotatable bonds is 3. The Morgan fingerprint density at radius 1 is 1.50 bits per heavy atom. The van der Waals surface area contributed by atoms with E-state index in [0.29, 0.717) is 0 Å². The van der Waals surface area contributed by atoms with E-state index in [1.165, 1.54) is 18.4 Å². The smallest absolute Gasteiger partial charge is 0.382 e. The van der Waals surface area contributed by atoms with Crippen LogP contribution in [-0.2, 0) is 19.1 Å². The minimum Gasteiger partial charge on any atom is -0.457 e. The van der Waals surface area contributed by atoms with Gasteiger partial charge in [-0.3, -0.25) is 0 Å². The highest BCUT2D eigenvalue weighted by Gasteiger charge is 2.24. The molecule has 0 aliphatic carbocycles. The lowest BCUT2D eigenvalue weighted by Crippen LogP contribution is -2.02. The number of carbonyl (C=O) groups is 2. The van der Waals surface area contributed by atoms with Crippen LogP contribution in [0.25, 0.3) is 0 Å². The van der Waals surface area contributed by atoms with Crippen LogP contribution < -0.4 is 0 Å². The maximum Gasteiger partial charge on any atom is 0.382 e. The van der Waals surface area contributed by atoms with Crippen LogP contribution >= 0.6 is 0 Å². The van der Waals surface area contributed by atoms with Crippen LogP contribution in [0.5, 0.6) is 0 Å². The number of ether oxygens (including phenoxy) is 2. The van der Waals surface area contributed by atoms with Gasteiger partial charge in [-0.25, -0.2) is 9.59 Å². The van der Waals surface area contributed by atoms with Gasteiger partial charge in [0, 0.05) is 0 Å². The van der Waals surface area contributed by atoms with Gasteiger partial charge < -0.3 is 9.47 Å². The lowest BCUT2D eigenvalue weighted by molar-refractivity contribution is -0.151. The largest absolute Gasteiger partial charge is 0.457 e. The van der Waals surface area contributed by atoms with E-state index in [4.69, 9.17) is 4.74 Å². The van der Waals surface area contributed by atoms with Crippen molar-refractivity contribution in [1.29, 1.82) is 0 Å². The third-order valence-corrected chi connectivity index (χ3v) is 1.05.